The van der Waals surface area contributed by atoms with E-state index in [-0.39, 0.29) is 12.3 Å². The van der Waals surface area contributed by atoms with Gasteiger partial charge in [-0.1, -0.05) is 60.7 Å². The van der Waals surface area contributed by atoms with Crippen molar-refractivity contribution in [1.82, 2.24) is 5.01 Å². The number of rotatable bonds is 4. The first-order chi connectivity index (χ1) is 13.8. The molecule has 28 heavy (non-hydrogen) atoms. The van der Waals surface area contributed by atoms with E-state index in [1.54, 1.807) is 0 Å². The molecule has 5 rings (SSSR count). The van der Waals surface area contributed by atoms with E-state index in [0.29, 0.717) is 6.61 Å². The molecule has 0 saturated heterocycles. The van der Waals surface area contributed by atoms with Crippen LogP contribution in [0.25, 0.3) is 0 Å². The summed E-state index contributed by atoms with van der Waals surface area (Å²) in [5.74, 6) is 1.76. The van der Waals surface area contributed by atoms with Gasteiger partial charge in [0.1, 0.15) is 11.5 Å². The molecule has 0 fully saturated rings. The minimum Gasteiger partial charge on any atom is -0.493 e. The summed E-state index contributed by atoms with van der Waals surface area (Å²) in [6, 6.07) is 26.9. The maximum Gasteiger partial charge on any atom is 0.217 e. The second-order valence-corrected chi connectivity index (χ2v) is 6.99. The zero-order valence-electron chi connectivity index (χ0n) is 15.8. The summed E-state index contributed by atoms with van der Waals surface area (Å²) in [6.07, 6.45) is 0.543. The average molecular weight is 370 g/mol. The van der Waals surface area contributed by atoms with Gasteiger partial charge in [-0.3, -0.25) is 0 Å². The number of ether oxygens (including phenoxy) is 2. The maximum atomic E-state index is 6.44. The number of fused-ring (bicyclic) bond motifs is 3. The molecule has 0 unspecified atom stereocenters. The Hall–Kier alpha value is -3.27. The van der Waals surface area contributed by atoms with Crippen molar-refractivity contribution in [3.05, 3.63) is 95.6 Å². The van der Waals surface area contributed by atoms with Crippen LogP contribution in [0.4, 0.5) is 0 Å². The molecule has 3 aromatic rings. The third-order valence-corrected chi connectivity index (χ3v) is 5.29. The minimum atomic E-state index is -0.316. The van der Waals surface area contributed by atoms with Crippen molar-refractivity contribution in [3.8, 4) is 11.5 Å². The van der Waals surface area contributed by atoms with Gasteiger partial charge >= 0.3 is 0 Å². The fraction of sp³-hybridized carbons (Fsp3) is 0.208. The van der Waals surface area contributed by atoms with Crippen molar-refractivity contribution in [2.24, 2.45) is 5.10 Å². The molecule has 0 bridgehead atoms. The van der Waals surface area contributed by atoms with E-state index in [9.17, 15) is 0 Å². The molecule has 0 spiro atoms. The first-order valence-corrected chi connectivity index (χ1v) is 9.73. The summed E-state index contributed by atoms with van der Waals surface area (Å²) in [4.78, 5) is 0. The molecule has 0 amide bonds. The lowest BCUT2D eigenvalue weighted by molar-refractivity contribution is -0.0205. The van der Waals surface area contributed by atoms with Crippen molar-refractivity contribution in [2.75, 3.05) is 6.61 Å². The summed E-state index contributed by atoms with van der Waals surface area (Å²) in [5.41, 5.74) is 4.43. The Labute approximate surface area is 165 Å². The summed E-state index contributed by atoms with van der Waals surface area (Å²) >= 11 is 0. The van der Waals surface area contributed by atoms with Crippen LogP contribution >= 0.6 is 0 Å². The molecule has 0 saturated carbocycles. The zero-order valence-corrected chi connectivity index (χ0v) is 15.8. The number of hydrogen-bond acceptors (Lipinski definition) is 4. The summed E-state index contributed by atoms with van der Waals surface area (Å²) in [5, 5.41) is 7.11. The Balaban J connectivity index is 1.61. The van der Waals surface area contributed by atoms with Crippen LogP contribution in [0.15, 0.2) is 84.0 Å². The quantitative estimate of drug-likeness (QED) is 0.623. The van der Waals surface area contributed by atoms with Crippen LogP contribution in [-0.4, -0.2) is 17.3 Å². The van der Waals surface area contributed by atoms with Gasteiger partial charge in [-0.25, -0.2) is 5.01 Å². The van der Waals surface area contributed by atoms with Crippen LogP contribution in [-0.2, 0) is 0 Å². The van der Waals surface area contributed by atoms with Crippen LogP contribution < -0.4 is 9.47 Å². The standard InChI is InChI=1S/C24H22N2O2/c1-2-27-22-14-8-7-13-19(22)24-26-21(18-12-6-9-15-23(18)28-24)16-20(25-26)17-10-4-3-5-11-17/h3-15,21,24H,2,16H2,1H3/t21-,24+/m0/s1. The van der Waals surface area contributed by atoms with E-state index in [2.05, 4.69) is 47.5 Å². The van der Waals surface area contributed by atoms with Gasteiger partial charge in [-0.15, -0.1) is 0 Å². The second kappa shape index (κ2) is 7.04. The third-order valence-electron chi connectivity index (χ3n) is 5.29. The number of benzene rings is 3. The normalized spacial score (nSPS) is 20.0. The summed E-state index contributed by atoms with van der Waals surface area (Å²) in [6.45, 7) is 2.61. The zero-order chi connectivity index (χ0) is 18.9. The highest BCUT2D eigenvalue weighted by Crippen LogP contribution is 2.48. The van der Waals surface area contributed by atoms with Crippen molar-refractivity contribution >= 4 is 5.71 Å². The Morgan fingerprint density at radius 1 is 0.929 bits per heavy atom. The number of hydrazone groups is 1. The molecule has 2 aliphatic rings. The predicted molar refractivity (Wildman–Crippen MR) is 110 cm³/mol. The lowest BCUT2D eigenvalue weighted by atomic mass is 9.96. The second-order valence-electron chi connectivity index (χ2n) is 6.99. The van der Waals surface area contributed by atoms with Crippen molar-refractivity contribution in [1.29, 1.82) is 0 Å². The maximum absolute atomic E-state index is 6.44. The lowest BCUT2D eigenvalue weighted by Gasteiger charge is -2.38. The van der Waals surface area contributed by atoms with Gasteiger partial charge in [-0.2, -0.15) is 5.10 Å². The van der Waals surface area contributed by atoms with Crippen LogP contribution in [0.5, 0.6) is 11.5 Å². The van der Waals surface area contributed by atoms with Crippen LogP contribution in [0.1, 0.15) is 42.3 Å². The van der Waals surface area contributed by atoms with Gasteiger partial charge in [0.05, 0.1) is 23.9 Å². The SMILES string of the molecule is CCOc1ccccc1[C@H]1Oc2ccccc2[C@@H]2CC(c3ccccc3)=NN12. The molecule has 4 heteroatoms. The minimum absolute atomic E-state index is 0.153. The van der Waals surface area contributed by atoms with Crippen LogP contribution in [0, 0.1) is 0 Å². The van der Waals surface area contributed by atoms with E-state index in [1.807, 2.05) is 43.3 Å². The Morgan fingerprint density at radius 3 is 2.46 bits per heavy atom. The highest BCUT2D eigenvalue weighted by molar-refractivity contribution is 6.01. The first-order valence-electron chi connectivity index (χ1n) is 9.73. The summed E-state index contributed by atoms with van der Waals surface area (Å²) < 4.78 is 12.3. The molecule has 2 heterocycles. The van der Waals surface area contributed by atoms with E-state index >= 15 is 0 Å². The van der Waals surface area contributed by atoms with Gasteiger partial charge in [-0.05, 0) is 30.7 Å². The predicted octanol–water partition coefficient (Wildman–Crippen LogP) is 5.33. The fourth-order valence-corrected chi connectivity index (χ4v) is 4.02. The van der Waals surface area contributed by atoms with Gasteiger partial charge in [0, 0.05) is 12.0 Å². The highest BCUT2D eigenvalue weighted by Gasteiger charge is 2.41. The van der Waals surface area contributed by atoms with Crippen molar-refractivity contribution < 1.29 is 9.47 Å². The van der Waals surface area contributed by atoms with E-state index in [4.69, 9.17) is 14.6 Å². The van der Waals surface area contributed by atoms with Crippen LogP contribution in [0.3, 0.4) is 0 Å². The van der Waals surface area contributed by atoms with E-state index < -0.39 is 0 Å². The van der Waals surface area contributed by atoms with Gasteiger partial charge < -0.3 is 9.47 Å². The number of para-hydroxylation sites is 2. The fourth-order valence-electron chi connectivity index (χ4n) is 4.02. The molecule has 4 nitrogen and oxygen atoms in total. The van der Waals surface area contributed by atoms with Gasteiger partial charge in [0.15, 0.2) is 0 Å². The molecule has 3 aromatic carbocycles. The Kier molecular flexibility index (Phi) is 4.24. The molecule has 2 aliphatic heterocycles. The Morgan fingerprint density at radius 2 is 1.64 bits per heavy atom. The lowest BCUT2D eigenvalue weighted by Crippen LogP contribution is -2.34. The van der Waals surface area contributed by atoms with Gasteiger partial charge in [0.25, 0.3) is 0 Å². The highest BCUT2D eigenvalue weighted by atomic mass is 16.5. The van der Waals surface area contributed by atoms with E-state index in [1.165, 1.54) is 5.56 Å². The summed E-state index contributed by atoms with van der Waals surface area (Å²) in [7, 11) is 0. The molecular weight excluding hydrogens is 348 g/mol. The van der Waals surface area contributed by atoms with Crippen molar-refractivity contribution in [2.45, 2.75) is 25.6 Å². The van der Waals surface area contributed by atoms with Crippen LogP contribution in [0.2, 0.25) is 0 Å². The topological polar surface area (TPSA) is 34.1 Å². The smallest absolute Gasteiger partial charge is 0.217 e. The molecule has 140 valence electrons. The molecule has 0 radical (unpaired) electrons. The van der Waals surface area contributed by atoms with Crippen molar-refractivity contribution in [3.63, 3.8) is 0 Å². The number of hydrogen-bond donors (Lipinski definition) is 0. The molecule has 0 N–H and O–H groups in total. The van der Waals surface area contributed by atoms with Gasteiger partial charge in [0.2, 0.25) is 6.23 Å². The molecule has 2 atom stereocenters. The first kappa shape index (κ1) is 16.9. The molecule has 0 aromatic heterocycles. The average Bonchev–Trinajstić information content (AvgIpc) is 3.20. The largest absolute Gasteiger partial charge is 0.493 e. The Bertz CT molecular complexity index is 1020. The monoisotopic (exact) mass is 370 g/mol. The number of nitrogens with zero attached hydrogens (tertiary/aromatic N) is 2. The third kappa shape index (κ3) is 2.82. The molecule has 0 aliphatic carbocycles. The van der Waals surface area contributed by atoms with E-state index in [0.717, 1.165) is 34.8 Å². The molecular formula is C24H22N2O2.